The summed E-state index contributed by atoms with van der Waals surface area (Å²) in [6, 6.07) is 17.6. The first-order valence-electron chi connectivity index (χ1n) is 6.24. The lowest BCUT2D eigenvalue weighted by atomic mass is 10.1. The van der Waals surface area contributed by atoms with Crippen molar-refractivity contribution in [1.82, 2.24) is 0 Å². The van der Waals surface area contributed by atoms with E-state index >= 15 is 0 Å². The van der Waals surface area contributed by atoms with Gasteiger partial charge in [0.25, 0.3) is 0 Å². The van der Waals surface area contributed by atoms with Crippen LogP contribution in [0.3, 0.4) is 0 Å². The van der Waals surface area contributed by atoms with Crippen molar-refractivity contribution >= 4 is 45.3 Å². The van der Waals surface area contributed by atoms with Gasteiger partial charge >= 0.3 is 0 Å². The molecule has 2 aromatic carbocycles. The summed E-state index contributed by atoms with van der Waals surface area (Å²) in [4.78, 5) is 13.1. The molecule has 0 aliphatic carbocycles. The van der Waals surface area contributed by atoms with Crippen LogP contribution in [-0.4, -0.2) is 5.91 Å². The molecular weight excluding hydrogens is 290 g/mol. The van der Waals surface area contributed by atoms with Crippen LogP contribution in [0.5, 0.6) is 0 Å². The van der Waals surface area contributed by atoms with E-state index in [4.69, 9.17) is 11.6 Å². The summed E-state index contributed by atoms with van der Waals surface area (Å²) in [6.07, 6.45) is 0.348. The molecule has 0 fully saturated rings. The summed E-state index contributed by atoms with van der Waals surface area (Å²) in [7, 11) is 0. The topological polar surface area (TPSA) is 29.1 Å². The molecule has 20 heavy (non-hydrogen) atoms. The van der Waals surface area contributed by atoms with Gasteiger partial charge in [-0.1, -0.05) is 48.0 Å². The highest BCUT2D eigenvalue weighted by Crippen LogP contribution is 2.24. The first kappa shape index (κ1) is 13.2. The zero-order valence-corrected chi connectivity index (χ0v) is 12.2. The summed E-state index contributed by atoms with van der Waals surface area (Å²) >= 11 is 7.30. The molecule has 0 aliphatic heterocycles. The van der Waals surface area contributed by atoms with Crippen LogP contribution in [-0.2, 0) is 11.2 Å². The van der Waals surface area contributed by atoms with Crippen molar-refractivity contribution in [2.24, 2.45) is 0 Å². The van der Waals surface area contributed by atoms with E-state index in [2.05, 4.69) is 5.32 Å². The fourth-order valence-corrected chi connectivity index (χ4v) is 3.22. The molecule has 3 rings (SSSR count). The van der Waals surface area contributed by atoms with E-state index in [1.165, 1.54) is 11.3 Å². The maximum atomic E-state index is 12.1. The fourth-order valence-electron chi connectivity index (χ4n) is 2.13. The van der Waals surface area contributed by atoms with Crippen LogP contribution in [0.4, 0.5) is 5.69 Å². The van der Waals surface area contributed by atoms with Gasteiger partial charge < -0.3 is 5.32 Å². The number of carbonyl (C=O) groups is 1. The average molecular weight is 302 g/mol. The van der Waals surface area contributed by atoms with E-state index in [0.29, 0.717) is 10.8 Å². The van der Waals surface area contributed by atoms with Gasteiger partial charge in [0.15, 0.2) is 0 Å². The lowest BCUT2D eigenvalue weighted by Gasteiger charge is -2.08. The van der Waals surface area contributed by atoms with Gasteiger partial charge in [-0.15, -0.1) is 11.3 Å². The minimum absolute atomic E-state index is 0.0279. The third-order valence-corrected chi connectivity index (χ3v) is 4.26. The van der Waals surface area contributed by atoms with Crippen LogP contribution in [0.1, 0.15) is 4.88 Å². The molecule has 0 atom stereocenters. The number of hydrogen-bond acceptors (Lipinski definition) is 2. The quantitative estimate of drug-likeness (QED) is 0.744. The monoisotopic (exact) mass is 301 g/mol. The van der Waals surface area contributed by atoms with Crippen LogP contribution in [0.2, 0.25) is 4.34 Å². The zero-order valence-electron chi connectivity index (χ0n) is 10.6. The minimum Gasteiger partial charge on any atom is -0.325 e. The number of thiophene rings is 1. The second-order valence-electron chi connectivity index (χ2n) is 4.46. The summed E-state index contributed by atoms with van der Waals surface area (Å²) < 4.78 is 0.706. The number of anilines is 1. The van der Waals surface area contributed by atoms with Crippen molar-refractivity contribution < 1.29 is 4.79 Å². The Morgan fingerprint density at radius 1 is 1.05 bits per heavy atom. The van der Waals surface area contributed by atoms with Crippen LogP contribution < -0.4 is 5.32 Å². The summed E-state index contributed by atoms with van der Waals surface area (Å²) in [5.74, 6) is -0.0279. The Morgan fingerprint density at radius 3 is 2.65 bits per heavy atom. The number of benzene rings is 2. The Hall–Kier alpha value is -1.84. The second-order valence-corrected chi connectivity index (χ2v) is 6.26. The van der Waals surface area contributed by atoms with Crippen molar-refractivity contribution in [2.75, 3.05) is 5.32 Å². The average Bonchev–Trinajstić information content (AvgIpc) is 2.84. The molecule has 4 heteroatoms. The Kier molecular flexibility index (Phi) is 3.72. The molecule has 0 bridgehead atoms. The number of rotatable bonds is 3. The molecule has 3 aromatic rings. The maximum Gasteiger partial charge on any atom is 0.229 e. The SMILES string of the molecule is O=C(Cc1ccc(Cl)s1)Nc1cccc2ccccc12. The van der Waals surface area contributed by atoms with Gasteiger partial charge in [0.05, 0.1) is 10.8 Å². The summed E-state index contributed by atoms with van der Waals surface area (Å²) in [5, 5.41) is 5.13. The summed E-state index contributed by atoms with van der Waals surface area (Å²) in [6.45, 7) is 0. The van der Waals surface area contributed by atoms with E-state index in [1.54, 1.807) is 0 Å². The standard InChI is InChI=1S/C16H12ClNOS/c17-15-9-8-12(20-15)10-16(19)18-14-7-3-5-11-4-1-2-6-13(11)14/h1-9H,10H2,(H,18,19). The van der Waals surface area contributed by atoms with E-state index in [0.717, 1.165) is 21.3 Å². The van der Waals surface area contributed by atoms with Gasteiger partial charge in [0.2, 0.25) is 5.91 Å². The van der Waals surface area contributed by atoms with Gasteiger partial charge in [0, 0.05) is 16.0 Å². The molecule has 0 aliphatic rings. The molecule has 0 saturated heterocycles. The lowest BCUT2D eigenvalue weighted by Crippen LogP contribution is -2.13. The van der Waals surface area contributed by atoms with Crippen molar-refractivity contribution in [3.8, 4) is 0 Å². The Morgan fingerprint density at radius 2 is 1.85 bits per heavy atom. The maximum absolute atomic E-state index is 12.1. The molecular formula is C16H12ClNOS. The third-order valence-electron chi connectivity index (χ3n) is 3.03. The minimum atomic E-state index is -0.0279. The van der Waals surface area contributed by atoms with Crippen molar-refractivity contribution in [3.63, 3.8) is 0 Å². The van der Waals surface area contributed by atoms with E-state index in [-0.39, 0.29) is 5.91 Å². The summed E-state index contributed by atoms with van der Waals surface area (Å²) in [5.41, 5.74) is 0.843. The Bertz CT molecular complexity index is 761. The van der Waals surface area contributed by atoms with Crippen molar-refractivity contribution in [1.29, 1.82) is 0 Å². The number of halogens is 1. The highest BCUT2D eigenvalue weighted by molar-refractivity contribution is 7.16. The Labute approximate surface area is 126 Å². The number of carbonyl (C=O) groups excluding carboxylic acids is 1. The molecule has 1 amide bonds. The van der Waals surface area contributed by atoms with Gasteiger partial charge in [-0.3, -0.25) is 4.79 Å². The van der Waals surface area contributed by atoms with E-state index in [1.807, 2.05) is 54.6 Å². The second kappa shape index (κ2) is 5.65. The molecule has 2 nitrogen and oxygen atoms in total. The zero-order chi connectivity index (χ0) is 13.9. The predicted octanol–water partition coefficient (Wildman–Crippen LogP) is 4.74. The number of nitrogens with one attached hydrogen (secondary N) is 1. The molecule has 1 N–H and O–H groups in total. The number of fused-ring (bicyclic) bond motifs is 1. The number of amides is 1. The van der Waals surface area contributed by atoms with Crippen molar-refractivity contribution in [3.05, 3.63) is 63.8 Å². The van der Waals surface area contributed by atoms with Crippen LogP contribution in [0, 0.1) is 0 Å². The Balaban J connectivity index is 1.81. The molecule has 100 valence electrons. The van der Waals surface area contributed by atoms with Gasteiger partial charge in [-0.05, 0) is 23.6 Å². The molecule has 0 unspecified atom stereocenters. The van der Waals surface area contributed by atoms with Crippen LogP contribution >= 0.6 is 22.9 Å². The van der Waals surface area contributed by atoms with Crippen LogP contribution in [0.25, 0.3) is 10.8 Å². The lowest BCUT2D eigenvalue weighted by molar-refractivity contribution is -0.115. The number of hydrogen-bond donors (Lipinski definition) is 1. The molecule has 0 saturated carbocycles. The highest BCUT2D eigenvalue weighted by atomic mass is 35.5. The van der Waals surface area contributed by atoms with Crippen molar-refractivity contribution in [2.45, 2.75) is 6.42 Å². The normalized spacial score (nSPS) is 10.7. The smallest absolute Gasteiger partial charge is 0.229 e. The highest BCUT2D eigenvalue weighted by Gasteiger charge is 2.08. The van der Waals surface area contributed by atoms with Crippen LogP contribution in [0.15, 0.2) is 54.6 Å². The first-order valence-corrected chi connectivity index (χ1v) is 7.43. The molecule has 0 radical (unpaired) electrons. The largest absolute Gasteiger partial charge is 0.325 e. The first-order chi connectivity index (χ1) is 9.72. The molecule has 1 aromatic heterocycles. The molecule has 1 heterocycles. The van der Waals surface area contributed by atoms with E-state index in [9.17, 15) is 4.79 Å². The van der Waals surface area contributed by atoms with Gasteiger partial charge in [-0.25, -0.2) is 0 Å². The van der Waals surface area contributed by atoms with Gasteiger partial charge in [0.1, 0.15) is 0 Å². The van der Waals surface area contributed by atoms with Gasteiger partial charge in [-0.2, -0.15) is 0 Å². The van der Waals surface area contributed by atoms with E-state index < -0.39 is 0 Å². The predicted molar refractivity (Wildman–Crippen MR) is 85.6 cm³/mol. The third kappa shape index (κ3) is 2.84. The fraction of sp³-hybridized carbons (Fsp3) is 0.0625. The molecule has 0 spiro atoms.